The van der Waals surface area contributed by atoms with Gasteiger partial charge in [-0.3, -0.25) is 4.79 Å². The van der Waals surface area contributed by atoms with Crippen LogP contribution in [0.5, 0.6) is 0 Å². The molecule has 0 aromatic carbocycles. The molecule has 0 spiro atoms. The second-order valence-electron chi connectivity index (χ2n) is 3.25. The fourth-order valence-electron chi connectivity index (χ4n) is 1.44. The quantitative estimate of drug-likeness (QED) is 0.659. The highest BCUT2D eigenvalue weighted by molar-refractivity contribution is 5.74. The highest BCUT2D eigenvalue weighted by Crippen LogP contribution is 2.06. The van der Waals surface area contributed by atoms with Crippen LogP contribution in [-0.4, -0.2) is 23.8 Å². The molecule has 0 N–H and O–H groups in total. The average Bonchev–Trinajstić information content (AvgIpc) is 2.17. The Kier molecular flexibility index (Phi) is 1.96. The van der Waals surface area contributed by atoms with Crippen molar-refractivity contribution in [2.45, 2.75) is 0 Å². The van der Waals surface area contributed by atoms with Crippen LogP contribution in [0.2, 0.25) is 0 Å². The molecule has 0 aliphatic rings. The molecule has 2 aromatic rings. The van der Waals surface area contributed by atoms with E-state index in [1.807, 2.05) is 26.2 Å². The van der Waals surface area contributed by atoms with Crippen molar-refractivity contribution in [3.05, 3.63) is 40.8 Å². The Morgan fingerprint density at radius 1 is 1.29 bits per heavy atom. The fraction of sp³-hybridized carbons (Fsp3) is 0.200. The molecule has 0 unspecified atom stereocenters. The molecule has 0 aliphatic carbocycles. The third kappa shape index (κ3) is 1.25. The van der Waals surface area contributed by atoms with Crippen LogP contribution in [0, 0.1) is 0 Å². The number of rotatable bonds is 1. The second-order valence-corrected chi connectivity index (χ2v) is 3.25. The summed E-state index contributed by atoms with van der Waals surface area (Å²) in [4.78, 5) is 15.7. The number of nitrogens with zero attached hydrogens (tertiary/aromatic N) is 3. The van der Waals surface area contributed by atoms with E-state index in [1.54, 1.807) is 23.3 Å². The van der Waals surface area contributed by atoms with Gasteiger partial charge in [-0.25, -0.2) is 9.66 Å². The van der Waals surface area contributed by atoms with Crippen LogP contribution in [0.4, 0.5) is 0 Å². The van der Waals surface area contributed by atoms with Crippen LogP contribution in [0.15, 0.2) is 35.3 Å². The minimum atomic E-state index is -0.0683. The predicted molar refractivity (Wildman–Crippen MR) is 56.1 cm³/mol. The van der Waals surface area contributed by atoms with Crippen LogP contribution in [0.25, 0.3) is 11.0 Å². The molecule has 0 saturated heterocycles. The summed E-state index contributed by atoms with van der Waals surface area (Å²) in [7, 11) is 3.63. The summed E-state index contributed by atoms with van der Waals surface area (Å²) in [5, 5.41) is 2.68. The van der Waals surface area contributed by atoms with Crippen molar-refractivity contribution in [1.82, 2.24) is 9.66 Å². The highest BCUT2D eigenvalue weighted by atomic mass is 16.1. The van der Waals surface area contributed by atoms with Gasteiger partial charge in [0.05, 0.1) is 0 Å². The monoisotopic (exact) mass is 189 g/mol. The van der Waals surface area contributed by atoms with Crippen molar-refractivity contribution in [2.24, 2.45) is 0 Å². The summed E-state index contributed by atoms with van der Waals surface area (Å²) in [6.45, 7) is 0. The molecule has 0 radical (unpaired) electrons. The van der Waals surface area contributed by atoms with Crippen molar-refractivity contribution in [3.63, 3.8) is 0 Å². The molecular formula is C10H11N3O. The smallest absolute Gasteiger partial charge is 0.270 e. The van der Waals surface area contributed by atoms with E-state index in [4.69, 9.17) is 0 Å². The predicted octanol–water partition coefficient (Wildman–Crippen LogP) is 0.594. The molecule has 0 fully saturated rings. The standard InChI is InChI=1S/C10H11N3O/c1-12(2)13-9(14)6-5-8-4-3-7-11-10(8)13/h3-7H,1-2H3. The first kappa shape index (κ1) is 8.74. The molecule has 14 heavy (non-hydrogen) atoms. The summed E-state index contributed by atoms with van der Waals surface area (Å²) < 4.78 is 1.54. The van der Waals surface area contributed by atoms with Crippen LogP contribution >= 0.6 is 0 Å². The van der Waals surface area contributed by atoms with Crippen LogP contribution in [-0.2, 0) is 0 Å². The van der Waals surface area contributed by atoms with Gasteiger partial charge in [0, 0.05) is 31.7 Å². The van der Waals surface area contributed by atoms with Crippen molar-refractivity contribution >= 4 is 11.0 Å². The molecule has 4 nitrogen and oxygen atoms in total. The number of pyridine rings is 2. The zero-order valence-electron chi connectivity index (χ0n) is 8.14. The van der Waals surface area contributed by atoms with Crippen molar-refractivity contribution in [2.75, 3.05) is 19.1 Å². The van der Waals surface area contributed by atoms with Crippen LogP contribution < -0.4 is 10.6 Å². The molecular weight excluding hydrogens is 178 g/mol. The first-order valence-electron chi connectivity index (χ1n) is 4.34. The fourth-order valence-corrected chi connectivity index (χ4v) is 1.44. The van der Waals surface area contributed by atoms with E-state index in [1.165, 1.54) is 4.68 Å². The average molecular weight is 189 g/mol. The third-order valence-corrected chi connectivity index (χ3v) is 2.03. The van der Waals surface area contributed by atoms with E-state index in [0.29, 0.717) is 5.65 Å². The molecule has 0 bridgehead atoms. The van der Waals surface area contributed by atoms with Crippen LogP contribution in [0.1, 0.15) is 0 Å². The van der Waals surface area contributed by atoms with Gasteiger partial charge in [0.25, 0.3) is 5.56 Å². The lowest BCUT2D eigenvalue weighted by Crippen LogP contribution is -2.36. The zero-order chi connectivity index (χ0) is 10.1. The SMILES string of the molecule is CN(C)n1c(=O)ccc2cccnc21. The molecule has 0 aliphatic heterocycles. The Balaban J connectivity index is 2.90. The maximum absolute atomic E-state index is 11.6. The lowest BCUT2D eigenvalue weighted by Gasteiger charge is -2.16. The summed E-state index contributed by atoms with van der Waals surface area (Å²) in [6.07, 6.45) is 1.68. The van der Waals surface area contributed by atoms with E-state index >= 15 is 0 Å². The molecule has 2 heterocycles. The maximum Gasteiger partial charge on any atom is 0.270 e. The zero-order valence-corrected chi connectivity index (χ0v) is 8.14. The molecule has 72 valence electrons. The lowest BCUT2D eigenvalue weighted by molar-refractivity contribution is 0.721. The van der Waals surface area contributed by atoms with E-state index in [0.717, 1.165) is 5.39 Å². The number of aromatic nitrogens is 2. The molecule has 2 rings (SSSR count). The number of hydrogen-bond acceptors (Lipinski definition) is 3. The Labute approximate surface area is 81.4 Å². The largest absolute Gasteiger partial charge is 0.314 e. The Hall–Kier alpha value is -1.84. The van der Waals surface area contributed by atoms with E-state index in [2.05, 4.69) is 4.98 Å². The van der Waals surface area contributed by atoms with Crippen molar-refractivity contribution in [1.29, 1.82) is 0 Å². The highest BCUT2D eigenvalue weighted by Gasteiger charge is 2.03. The van der Waals surface area contributed by atoms with E-state index in [9.17, 15) is 4.79 Å². The van der Waals surface area contributed by atoms with Crippen molar-refractivity contribution in [3.8, 4) is 0 Å². The van der Waals surface area contributed by atoms with E-state index < -0.39 is 0 Å². The van der Waals surface area contributed by atoms with Gasteiger partial charge < -0.3 is 5.01 Å². The maximum atomic E-state index is 11.6. The van der Waals surface area contributed by atoms with Gasteiger partial charge in [0.1, 0.15) is 0 Å². The third-order valence-electron chi connectivity index (χ3n) is 2.03. The first-order valence-corrected chi connectivity index (χ1v) is 4.34. The topological polar surface area (TPSA) is 38.1 Å². The molecule has 0 atom stereocenters. The van der Waals surface area contributed by atoms with Gasteiger partial charge in [0.15, 0.2) is 5.65 Å². The Morgan fingerprint density at radius 3 is 2.79 bits per heavy atom. The van der Waals surface area contributed by atoms with Gasteiger partial charge in [-0.15, -0.1) is 0 Å². The van der Waals surface area contributed by atoms with Gasteiger partial charge in [0.2, 0.25) is 0 Å². The molecule has 0 saturated carbocycles. The Morgan fingerprint density at radius 2 is 2.07 bits per heavy atom. The van der Waals surface area contributed by atoms with Gasteiger partial charge in [-0.05, 0) is 18.2 Å². The Bertz CT molecular complexity index is 516. The minimum absolute atomic E-state index is 0.0683. The molecule has 4 heteroatoms. The lowest BCUT2D eigenvalue weighted by atomic mass is 10.3. The van der Waals surface area contributed by atoms with Crippen molar-refractivity contribution < 1.29 is 0 Å². The molecule has 2 aromatic heterocycles. The summed E-state index contributed by atoms with van der Waals surface area (Å²) in [5.41, 5.74) is 0.617. The number of fused-ring (bicyclic) bond motifs is 1. The van der Waals surface area contributed by atoms with Gasteiger partial charge in [-0.1, -0.05) is 0 Å². The van der Waals surface area contributed by atoms with Crippen LogP contribution in [0.3, 0.4) is 0 Å². The number of hydrogen-bond donors (Lipinski definition) is 0. The molecule has 0 amide bonds. The normalized spacial score (nSPS) is 10.4. The summed E-state index contributed by atoms with van der Waals surface area (Å²) in [6, 6.07) is 7.11. The summed E-state index contributed by atoms with van der Waals surface area (Å²) in [5.74, 6) is 0. The minimum Gasteiger partial charge on any atom is -0.314 e. The van der Waals surface area contributed by atoms with Gasteiger partial charge in [-0.2, -0.15) is 0 Å². The van der Waals surface area contributed by atoms with Gasteiger partial charge >= 0.3 is 0 Å². The first-order chi connectivity index (χ1) is 6.70. The van der Waals surface area contributed by atoms with E-state index in [-0.39, 0.29) is 5.56 Å². The summed E-state index contributed by atoms with van der Waals surface area (Å²) >= 11 is 0. The second kappa shape index (κ2) is 3.14.